The number of nitrogens with one attached hydrogen (secondary N) is 3. The van der Waals surface area contributed by atoms with Crippen molar-refractivity contribution in [1.29, 1.82) is 0 Å². The number of fused-ring (bicyclic) bond motifs is 2. The van der Waals surface area contributed by atoms with Gasteiger partial charge in [-0.15, -0.1) is 0 Å². The van der Waals surface area contributed by atoms with E-state index >= 15 is 0 Å². The third-order valence-corrected chi connectivity index (χ3v) is 4.23. The molecule has 0 unspecified atom stereocenters. The van der Waals surface area contributed by atoms with Crippen molar-refractivity contribution in [3.8, 4) is 11.5 Å². The molecule has 0 aliphatic carbocycles. The van der Waals surface area contributed by atoms with Crippen molar-refractivity contribution in [2.45, 2.75) is 13.3 Å². The molecular weight excluding hydrogens is 367 g/mol. The lowest BCUT2D eigenvalue weighted by atomic mass is 10.2. The SMILES string of the molecule is CCC(=O)Nc1cnn2c(NC)cc(Nc3ccc(F)c4c3OCCO4)nc12. The van der Waals surface area contributed by atoms with E-state index in [2.05, 4.69) is 26.0 Å². The first kappa shape index (κ1) is 17.8. The Morgan fingerprint density at radius 1 is 1.25 bits per heavy atom. The summed E-state index contributed by atoms with van der Waals surface area (Å²) >= 11 is 0. The number of rotatable bonds is 5. The highest BCUT2D eigenvalue weighted by Gasteiger charge is 2.21. The molecule has 2 aromatic heterocycles. The summed E-state index contributed by atoms with van der Waals surface area (Å²) in [7, 11) is 1.75. The van der Waals surface area contributed by atoms with Crippen LogP contribution in [0.1, 0.15) is 13.3 Å². The van der Waals surface area contributed by atoms with Crippen LogP contribution in [0.4, 0.5) is 27.4 Å². The summed E-state index contributed by atoms with van der Waals surface area (Å²) < 4.78 is 26.5. The summed E-state index contributed by atoms with van der Waals surface area (Å²) in [5.41, 5.74) is 1.48. The van der Waals surface area contributed by atoms with Gasteiger partial charge < -0.3 is 25.4 Å². The smallest absolute Gasteiger partial charge is 0.224 e. The zero-order valence-electron chi connectivity index (χ0n) is 15.4. The summed E-state index contributed by atoms with van der Waals surface area (Å²) in [6.45, 7) is 2.38. The molecule has 9 nitrogen and oxygen atoms in total. The van der Waals surface area contributed by atoms with Crippen LogP contribution in [0.2, 0.25) is 0 Å². The molecule has 0 spiro atoms. The molecule has 146 valence electrons. The molecule has 0 fully saturated rings. The average molecular weight is 386 g/mol. The molecule has 1 aromatic carbocycles. The number of hydrogen-bond donors (Lipinski definition) is 3. The van der Waals surface area contributed by atoms with E-state index in [1.165, 1.54) is 12.3 Å². The van der Waals surface area contributed by atoms with Crippen molar-refractivity contribution in [2.75, 3.05) is 36.2 Å². The maximum Gasteiger partial charge on any atom is 0.224 e. The molecule has 0 bridgehead atoms. The van der Waals surface area contributed by atoms with Gasteiger partial charge in [-0.05, 0) is 12.1 Å². The highest BCUT2D eigenvalue weighted by molar-refractivity contribution is 5.94. The summed E-state index contributed by atoms with van der Waals surface area (Å²) in [5, 5.41) is 13.2. The van der Waals surface area contributed by atoms with Crippen LogP contribution in [0.3, 0.4) is 0 Å². The third kappa shape index (κ3) is 3.13. The van der Waals surface area contributed by atoms with Crippen LogP contribution >= 0.6 is 0 Å². The lowest BCUT2D eigenvalue weighted by Gasteiger charge is -2.22. The van der Waals surface area contributed by atoms with Gasteiger partial charge in [0.1, 0.15) is 30.5 Å². The molecule has 3 aromatic rings. The molecule has 4 rings (SSSR count). The number of benzene rings is 1. The number of ether oxygens (including phenoxy) is 2. The Hall–Kier alpha value is -3.56. The van der Waals surface area contributed by atoms with Crippen LogP contribution in [0.25, 0.3) is 5.65 Å². The predicted molar refractivity (Wildman–Crippen MR) is 102 cm³/mol. The second-order valence-corrected chi connectivity index (χ2v) is 6.05. The quantitative estimate of drug-likeness (QED) is 0.620. The molecule has 1 amide bonds. The maximum atomic E-state index is 14.0. The molecule has 1 aliphatic rings. The summed E-state index contributed by atoms with van der Waals surface area (Å²) in [6, 6.07) is 4.61. The van der Waals surface area contributed by atoms with Crippen LogP contribution in [-0.4, -0.2) is 40.8 Å². The lowest BCUT2D eigenvalue weighted by molar-refractivity contribution is -0.115. The van der Waals surface area contributed by atoms with Gasteiger partial charge in [0, 0.05) is 19.5 Å². The normalized spacial score (nSPS) is 12.7. The standard InChI is InChI=1S/C18H19FN6O3/c1-3-15(26)23-12-9-21-25-14(20-2)8-13(24-18(12)25)22-11-5-4-10(19)16-17(11)28-7-6-27-16/h4-5,8-9,20H,3,6-7H2,1-2H3,(H,22,24)(H,23,26). The largest absolute Gasteiger partial charge is 0.484 e. The third-order valence-electron chi connectivity index (χ3n) is 4.23. The van der Waals surface area contributed by atoms with E-state index in [-0.39, 0.29) is 18.3 Å². The summed E-state index contributed by atoms with van der Waals surface area (Å²) in [5.74, 6) is 0.863. The predicted octanol–water partition coefficient (Wildman–Crippen LogP) is 2.77. The van der Waals surface area contributed by atoms with Gasteiger partial charge in [0.05, 0.1) is 11.9 Å². The van der Waals surface area contributed by atoms with Gasteiger partial charge in [-0.25, -0.2) is 9.37 Å². The Bertz CT molecular complexity index is 1050. The molecular formula is C18H19FN6O3. The number of amides is 1. The van der Waals surface area contributed by atoms with E-state index in [1.54, 1.807) is 30.6 Å². The van der Waals surface area contributed by atoms with Gasteiger partial charge >= 0.3 is 0 Å². The molecule has 3 N–H and O–H groups in total. The average Bonchev–Trinajstić information content (AvgIpc) is 3.12. The molecule has 0 radical (unpaired) electrons. The number of anilines is 4. The number of nitrogens with zero attached hydrogens (tertiary/aromatic N) is 3. The Labute approximate surface area is 159 Å². The van der Waals surface area contributed by atoms with E-state index in [4.69, 9.17) is 9.47 Å². The number of carbonyl (C=O) groups excluding carboxylic acids is 1. The van der Waals surface area contributed by atoms with Crippen LogP contribution in [0.5, 0.6) is 11.5 Å². The fourth-order valence-corrected chi connectivity index (χ4v) is 2.87. The minimum Gasteiger partial charge on any atom is -0.484 e. The molecule has 3 heterocycles. The second-order valence-electron chi connectivity index (χ2n) is 6.05. The summed E-state index contributed by atoms with van der Waals surface area (Å²) in [6.07, 6.45) is 1.88. The second kappa shape index (κ2) is 7.22. The van der Waals surface area contributed by atoms with Gasteiger partial charge in [-0.3, -0.25) is 4.79 Å². The lowest BCUT2D eigenvalue weighted by Crippen LogP contribution is -2.17. The minimum absolute atomic E-state index is 0.0754. The highest BCUT2D eigenvalue weighted by Crippen LogP contribution is 2.41. The first-order chi connectivity index (χ1) is 13.6. The van der Waals surface area contributed by atoms with Crippen LogP contribution in [0, 0.1) is 5.82 Å². The van der Waals surface area contributed by atoms with E-state index in [0.29, 0.717) is 47.4 Å². The van der Waals surface area contributed by atoms with Crippen molar-refractivity contribution in [1.82, 2.24) is 14.6 Å². The topological polar surface area (TPSA) is 102 Å². The zero-order valence-corrected chi connectivity index (χ0v) is 15.4. The van der Waals surface area contributed by atoms with Crippen LogP contribution < -0.4 is 25.4 Å². The maximum absolute atomic E-state index is 14.0. The Morgan fingerprint density at radius 3 is 2.79 bits per heavy atom. The fraction of sp³-hybridized carbons (Fsp3) is 0.278. The molecule has 10 heteroatoms. The zero-order chi connectivity index (χ0) is 19.7. The van der Waals surface area contributed by atoms with Crippen molar-refractivity contribution in [3.63, 3.8) is 0 Å². The van der Waals surface area contributed by atoms with Crippen molar-refractivity contribution in [3.05, 3.63) is 30.2 Å². The molecule has 0 saturated heterocycles. The Morgan fingerprint density at radius 2 is 2.04 bits per heavy atom. The van der Waals surface area contributed by atoms with E-state index in [9.17, 15) is 9.18 Å². The van der Waals surface area contributed by atoms with Crippen molar-refractivity contribution >= 4 is 34.6 Å². The number of aromatic nitrogens is 3. The van der Waals surface area contributed by atoms with Gasteiger partial charge in [0.25, 0.3) is 0 Å². The van der Waals surface area contributed by atoms with E-state index < -0.39 is 5.82 Å². The number of hydrogen-bond acceptors (Lipinski definition) is 7. The highest BCUT2D eigenvalue weighted by atomic mass is 19.1. The van der Waals surface area contributed by atoms with Crippen molar-refractivity contribution in [2.24, 2.45) is 0 Å². The van der Waals surface area contributed by atoms with E-state index in [1.807, 2.05) is 0 Å². The van der Waals surface area contributed by atoms with Gasteiger partial charge in [-0.1, -0.05) is 6.92 Å². The molecule has 0 saturated carbocycles. The molecule has 1 aliphatic heterocycles. The minimum atomic E-state index is -0.486. The van der Waals surface area contributed by atoms with Crippen LogP contribution in [-0.2, 0) is 4.79 Å². The fourth-order valence-electron chi connectivity index (χ4n) is 2.87. The first-order valence-electron chi connectivity index (χ1n) is 8.82. The summed E-state index contributed by atoms with van der Waals surface area (Å²) in [4.78, 5) is 16.3. The Balaban J connectivity index is 1.75. The van der Waals surface area contributed by atoms with Gasteiger partial charge in [0.2, 0.25) is 5.91 Å². The number of carbonyl (C=O) groups is 1. The molecule has 28 heavy (non-hydrogen) atoms. The van der Waals surface area contributed by atoms with Crippen molar-refractivity contribution < 1.29 is 18.7 Å². The van der Waals surface area contributed by atoms with Gasteiger partial charge in [0.15, 0.2) is 23.0 Å². The monoisotopic (exact) mass is 386 g/mol. The van der Waals surface area contributed by atoms with Gasteiger partial charge in [-0.2, -0.15) is 9.61 Å². The Kier molecular flexibility index (Phi) is 4.60. The van der Waals surface area contributed by atoms with Crippen LogP contribution in [0.15, 0.2) is 24.4 Å². The first-order valence-corrected chi connectivity index (χ1v) is 8.82. The number of halogens is 1. The molecule has 0 atom stereocenters. The van der Waals surface area contributed by atoms with E-state index in [0.717, 1.165) is 0 Å².